The van der Waals surface area contributed by atoms with Gasteiger partial charge in [-0.3, -0.25) is 19.0 Å². The van der Waals surface area contributed by atoms with E-state index in [0.29, 0.717) is 47.3 Å². The highest BCUT2D eigenvalue weighted by molar-refractivity contribution is 6.46. The molecule has 1 N–H and O–H groups in total. The number of imidazole rings is 1. The molecule has 1 aliphatic rings. The predicted octanol–water partition coefficient (Wildman–Crippen LogP) is 5.64. The summed E-state index contributed by atoms with van der Waals surface area (Å²) in [6, 6.07) is 23.3. The van der Waals surface area contributed by atoms with Gasteiger partial charge in [0.25, 0.3) is 11.7 Å². The summed E-state index contributed by atoms with van der Waals surface area (Å²) in [6.07, 6.45) is 5.06. The van der Waals surface area contributed by atoms with Gasteiger partial charge < -0.3 is 19.5 Å². The number of aliphatic hydroxyl groups is 1. The van der Waals surface area contributed by atoms with Crippen LogP contribution in [0.3, 0.4) is 0 Å². The molecule has 0 aliphatic carbocycles. The third kappa shape index (κ3) is 5.32. The van der Waals surface area contributed by atoms with E-state index in [0.717, 1.165) is 11.1 Å². The van der Waals surface area contributed by atoms with E-state index >= 15 is 0 Å². The number of aromatic nitrogens is 3. The summed E-state index contributed by atoms with van der Waals surface area (Å²) in [7, 11) is 0. The SMILES string of the molecule is CCOc1cc(C2C(=C(O)c3c(C)nc4ccccn34)C(=O)C(=O)N2Cc2cccnc2)ccc1OCc1ccccc1. The van der Waals surface area contributed by atoms with Crippen molar-refractivity contribution in [2.45, 2.75) is 33.0 Å². The van der Waals surface area contributed by atoms with Gasteiger partial charge in [-0.05, 0) is 60.9 Å². The minimum atomic E-state index is -0.906. The summed E-state index contributed by atoms with van der Waals surface area (Å²) in [5, 5.41) is 11.8. The zero-order valence-electron chi connectivity index (χ0n) is 23.8. The molecular formula is C34H30N4O5. The maximum absolute atomic E-state index is 13.7. The first-order chi connectivity index (χ1) is 21.0. The average molecular weight is 575 g/mol. The summed E-state index contributed by atoms with van der Waals surface area (Å²) in [4.78, 5) is 37.5. The first-order valence-corrected chi connectivity index (χ1v) is 14.0. The lowest BCUT2D eigenvalue weighted by Gasteiger charge is -2.26. The van der Waals surface area contributed by atoms with Gasteiger partial charge in [0, 0.05) is 25.1 Å². The smallest absolute Gasteiger partial charge is 0.295 e. The van der Waals surface area contributed by atoms with Crippen molar-refractivity contribution in [1.29, 1.82) is 0 Å². The van der Waals surface area contributed by atoms with Gasteiger partial charge in [0.15, 0.2) is 17.3 Å². The molecule has 1 aliphatic heterocycles. The van der Waals surface area contributed by atoms with Crippen LogP contribution in [0.2, 0.25) is 0 Å². The molecule has 2 aromatic carbocycles. The van der Waals surface area contributed by atoms with Gasteiger partial charge in [-0.2, -0.15) is 0 Å². The first kappa shape index (κ1) is 27.7. The summed E-state index contributed by atoms with van der Waals surface area (Å²) in [5.74, 6) is -0.802. The van der Waals surface area contributed by atoms with Crippen LogP contribution in [-0.2, 0) is 22.7 Å². The van der Waals surface area contributed by atoms with Crippen molar-refractivity contribution in [3.63, 3.8) is 0 Å². The van der Waals surface area contributed by atoms with E-state index in [4.69, 9.17) is 9.47 Å². The zero-order chi connectivity index (χ0) is 29.9. The van der Waals surface area contributed by atoms with Gasteiger partial charge in [-0.25, -0.2) is 4.98 Å². The second kappa shape index (κ2) is 11.8. The summed E-state index contributed by atoms with van der Waals surface area (Å²) < 4.78 is 13.8. The summed E-state index contributed by atoms with van der Waals surface area (Å²) in [6.45, 7) is 4.46. The highest BCUT2D eigenvalue weighted by Crippen LogP contribution is 2.43. The number of hydrogen-bond acceptors (Lipinski definition) is 7. The van der Waals surface area contributed by atoms with Crippen LogP contribution in [0.4, 0.5) is 0 Å². The van der Waals surface area contributed by atoms with Crippen molar-refractivity contribution in [2.75, 3.05) is 6.61 Å². The molecule has 0 radical (unpaired) electrons. The number of Topliss-reactive ketones (excluding diaryl/α,β-unsaturated/α-hetero) is 1. The third-order valence-electron chi connectivity index (χ3n) is 7.36. The molecule has 1 amide bonds. The zero-order valence-corrected chi connectivity index (χ0v) is 23.8. The van der Waals surface area contributed by atoms with Crippen LogP contribution in [0.5, 0.6) is 11.5 Å². The summed E-state index contributed by atoms with van der Waals surface area (Å²) >= 11 is 0. The molecule has 9 nitrogen and oxygen atoms in total. The van der Waals surface area contributed by atoms with Crippen molar-refractivity contribution in [2.24, 2.45) is 0 Å². The Labute approximate surface area is 248 Å². The van der Waals surface area contributed by atoms with E-state index in [9.17, 15) is 14.7 Å². The number of aliphatic hydroxyl groups excluding tert-OH is 1. The molecule has 216 valence electrons. The number of ketones is 1. The number of fused-ring (bicyclic) bond motifs is 1. The van der Waals surface area contributed by atoms with Crippen LogP contribution in [-0.4, -0.2) is 42.7 Å². The molecule has 43 heavy (non-hydrogen) atoms. The number of ether oxygens (including phenoxy) is 2. The molecule has 5 aromatic rings. The molecule has 6 rings (SSSR count). The second-order valence-electron chi connectivity index (χ2n) is 10.2. The number of amides is 1. The Balaban J connectivity index is 1.48. The van der Waals surface area contributed by atoms with Crippen molar-refractivity contribution < 1.29 is 24.2 Å². The highest BCUT2D eigenvalue weighted by Gasteiger charge is 2.47. The minimum Gasteiger partial charge on any atom is -0.505 e. The molecule has 3 aromatic heterocycles. The Morgan fingerprint density at radius 3 is 2.49 bits per heavy atom. The molecular weight excluding hydrogens is 544 g/mol. The predicted molar refractivity (Wildman–Crippen MR) is 160 cm³/mol. The quantitative estimate of drug-likeness (QED) is 0.138. The fourth-order valence-electron chi connectivity index (χ4n) is 5.42. The highest BCUT2D eigenvalue weighted by atomic mass is 16.5. The normalized spacial score (nSPS) is 16.1. The lowest BCUT2D eigenvalue weighted by molar-refractivity contribution is -0.140. The van der Waals surface area contributed by atoms with Gasteiger partial charge in [-0.1, -0.05) is 48.5 Å². The fraction of sp³-hybridized carbons (Fsp3) is 0.176. The Bertz CT molecular complexity index is 1830. The van der Waals surface area contributed by atoms with E-state index in [2.05, 4.69) is 9.97 Å². The lowest BCUT2D eigenvalue weighted by atomic mass is 9.95. The summed E-state index contributed by atoms with van der Waals surface area (Å²) in [5.41, 5.74) is 3.81. The molecule has 4 heterocycles. The van der Waals surface area contributed by atoms with E-state index in [1.165, 1.54) is 4.90 Å². The maximum atomic E-state index is 13.7. The Kier molecular flexibility index (Phi) is 7.61. The van der Waals surface area contributed by atoms with Crippen molar-refractivity contribution in [3.05, 3.63) is 131 Å². The molecule has 1 saturated heterocycles. The first-order valence-electron chi connectivity index (χ1n) is 14.0. The van der Waals surface area contributed by atoms with Crippen LogP contribution >= 0.6 is 0 Å². The average Bonchev–Trinajstić information content (AvgIpc) is 3.49. The molecule has 9 heteroatoms. The Morgan fingerprint density at radius 1 is 0.930 bits per heavy atom. The van der Waals surface area contributed by atoms with Gasteiger partial charge in [0.1, 0.15) is 17.9 Å². The second-order valence-corrected chi connectivity index (χ2v) is 10.2. The number of rotatable bonds is 9. The van der Waals surface area contributed by atoms with Crippen molar-refractivity contribution in [3.8, 4) is 11.5 Å². The molecule has 0 bridgehead atoms. The largest absolute Gasteiger partial charge is 0.505 e. The number of aryl methyl sites for hydroxylation is 1. The number of pyridine rings is 2. The van der Waals surface area contributed by atoms with E-state index in [1.54, 1.807) is 54.2 Å². The number of likely N-dealkylation sites (tertiary alicyclic amines) is 1. The van der Waals surface area contributed by atoms with Crippen molar-refractivity contribution >= 4 is 23.1 Å². The topological polar surface area (TPSA) is 106 Å². The fourth-order valence-corrected chi connectivity index (χ4v) is 5.42. The number of carbonyl (C=O) groups is 2. The number of carbonyl (C=O) groups excluding carboxylic acids is 2. The molecule has 0 saturated carbocycles. The lowest BCUT2D eigenvalue weighted by Crippen LogP contribution is -2.29. The standard InChI is InChI=1S/C34H30N4O5/c1-3-42-27-18-25(14-15-26(27)43-21-23-10-5-4-6-11-23)31-29(32(39)30-22(2)36-28-13-7-8-17-37(28)30)33(40)34(41)38(31)20-24-12-9-16-35-19-24/h4-19,31,39H,3,20-21H2,1-2H3. The molecule has 1 atom stereocenters. The number of nitrogens with zero attached hydrogens (tertiary/aromatic N) is 4. The van der Waals surface area contributed by atoms with E-state index in [-0.39, 0.29) is 17.9 Å². The van der Waals surface area contributed by atoms with Crippen LogP contribution in [0.15, 0.2) is 103 Å². The number of hydrogen-bond donors (Lipinski definition) is 1. The van der Waals surface area contributed by atoms with Gasteiger partial charge >= 0.3 is 0 Å². The van der Waals surface area contributed by atoms with Crippen molar-refractivity contribution in [1.82, 2.24) is 19.3 Å². The van der Waals surface area contributed by atoms with Crippen LogP contribution in [0, 0.1) is 6.92 Å². The maximum Gasteiger partial charge on any atom is 0.295 e. The third-order valence-corrected chi connectivity index (χ3v) is 7.36. The molecule has 1 fully saturated rings. The van der Waals surface area contributed by atoms with Gasteiger partial charge in [0.05, 0.1) is 23.9 Å². The molecule has 0 spiro atoms. The van der Waals surface area contributed by atoms with Crippen LogP contribution in [0.1, 0.15) is 41.0 Å². The minimum absolute atomic E-state index is 0.0250. The van der Waals surface area contributed by atoms with Crippen LogP contribution < -0.4 is 9.47 Å². The molecule has 1 unspecified atom stereocenters. The van der Waals surface area contributed by atoms with Crippen LogP contribution in [0.25, 0.3) is 11.4 Å². The monoisotopic (exact) mass is 574 g/mol. The van der Waals surface area contributed by atoms with Gasteiger partial charge in [0.2, 0.25) is 0 Å². The van der Waals surface area contributed by atoms with E-state index < -0.39 is 17.7 Å². The Morgan fingerprint density at radius 2 is 1.72 bits per heavy atom. The number of benzene rings is 2. The van der Waals surface area contributed by atoms with Gasteiger partial charge in [-0.15, -0.1) is 0 Å². The van der Waals surface area contributed by atoms with E-state index in [1.807, 2.05) is 61.5 Å². The Hall–Kier alpha value is -5.44.